The van der Waals surface area contributed by atoms with E-state index in [1.54, 1.807) is 6.07 Å². The molecule has 1 aliphatic carbocycles. The topological polar surface area (TPSA) is 20.2 Å². The van der Waals surface area contributed by atoms with Gasteiger partial charge in [0.15, 0.2) is 0 Å². The highest BCUT2D eigenvalue weighted by atomic mass is 16.3. The number of benzene rings is 1. The van der Waals surface area contributed by atoms with E-state index in [-0.39, 0.29) is 0 Å². The molecule has 0 spiro atoms. The van der Waals surface area contributed by atoms with E-state index < -0.39 is 0 Å². The number of phenols is 1. The van der Waals surface area contributed by atoms with Crippen molar-refractivity contribution in [1.29, 1.82) is 0 Å². The van der Waals surface area contributed by atoms with E-state index in [1.165, 1.54) is 0 Å². The fourth-order valence-electron chi connectivity index (χ4n) is 1.53. The third-order valence-electron chi connectivity index (χ3n) is 2.21. The SMILES string of the molecule is CC.CC.Oc1ccccc1C1=CCCC=C1. The summed E-state index contributed by atoms with van der Waals surface area (Å²) in [5.74, 6) is 0.361. The average Bonchev–Trinajstić information content (AvgIpc) is 2.45. The summed E-state index contributed by atoms with van der Waals surface area (Å²) in [5.41, 5.74) is 2.06. The van der Waals surface area contributed by atoms with E-state index in [4.69, 9.17) is 0 Å². The quantitative estimate of drug-likeness (QED) is 0.707. The molecule has 94 valence electrons. The monoisotopic (exact) mass is 232 g/mol. The fraction of sp³-hybridized carbons (Fsp3) is 0.375. The molecule has 0 radical (unpaired) electrons. The van der Waals surface area contributed by atoms with Crippen molar-refractivity contribution >= 4 is 5.57 Å². The molecule has 2 rings (SSSR count). The Morgan fingerprint density at radius 2 is 1.59 bits per heavy atom. The van der Waals surface area contributed by atoms with Gasteiger partial charge in [0.25, 0.3) is 0 Å². The van der Waals surface area contributed by atoms with E-state index >= 15 is 0 Å². The highest BCUT2D eigenvalue weighted by Gasteiger charge is 2.04. The molecule has 0 amide bonds. The molecule has 0 saturated carbocycles. The van der Waals surface area contributed by atoms with Crippen molar-refractivity contribution in [2.24, 2.45) is 0 Å². The molecule has 0 bridgehead atoms. The summed E-state index contributed by atoms with van der Waals surface area (Å²) < 4.78 is 0. The normalized spacial score (nSPS) is 12.6. The summed E-state index contributed by atoms with van der Waals surface area (Å²) in [6, 6.07) is 7.44. The van der Waals surface area contributed by atoms with Crippen LogP contribution in [0, 0.1) is 0 Å². The Bertz CT molecular complexity index is 362. The van der Waals surface area contributed by atoms with Crippen molar-refractivity contribution in [3.05, 3.63) is 48.1 Å². The molecule has 0 fully saturated rings. The van der Waals surface area contributed by atoms with Crippen LogP contribution in [0.3, 0.4) is 0 Å². The first-order chi connectivity index (χ1) is 8.38. The highest BCUT2D eigenvalue weighted by molar-refractivity contribution is 5.78. The van der Waals surface area contributed by atoms with Gasteiger partial charge in [-0.05, 0) is 24.5 Å². The Kier molecular flexibility index (Phi) is 8.85. The minimum atomic E-state index is 0.361. The second-order valence-corrected chi connectivity index (χ2v) is 3.16. The van der Waals surface area contributed by atoms with E-state index in [1.807, 2.05) is 45.9 Å². The zero-order chi connectivity index (χ0) is 13.1. The summed E-state index contributed by atoms with van der Waals surface area (Å²) in [4.78, 5) is 0. The summed E-state index contributed by atoms with van der Waals surface area (Å²) in [6.45, 7) is 8.00. The minimum absolute atomic E-state index is 0.361. The molecule has 0 saturated heterocycles. The molecule has 0 heterocycles. The van der Waals surface area contributed by atoms with Crippen LogP contribution >= 0.6 is 0 Å². The standard InChI is InChI=1S/C12H12O.2C2H6/c13-12-9-5-4-8-11(12)10-6-2-1-3-7-10;2*1-2/h2,4-9,13H,1,3H2;2*1-2H3. The lowest BCUT2D eigenvalue weighted by Gasteiger charge is -2.08. The third-order valence-corrected chi connectivity index (χ3v) is 2.21. The second kappa shape index (κ2) is 9.71. The lowest BCUT2D eigenvalue weighted by Crippen LogP contribution is -1.85. The number of rotatable bonds is 1. The van der Waals surface area contributed by atoms with Gasteiger partial charge < -0.3 is 5.11 Å². The third kappa shape index (κ3) is 4.90. The van der Waals surface area contributed by atoms with E-state index in [0.717, 1.165) is 24.0 Å². The van der Waals surface area contributed by atoms with Crippen LogP contribution in [-0.2, 0) is 0 Å². The van der Waals surface area contributed by atoms with Crippen molar-refractivity contribution in [1.82, 2.24) is 0 Å². The van der Waals surface area contributed by atoms with Crippen LogP contribution in [0.4, 0.5) is 0 Å². The van der Waals surface area contributed by atoms with Crippen molar-refractivity contribution in [3.63, 3.8) is 0 Å². The Balaban J connectivity index is 0.000000581. The Hall–Kier alpha value is -1.50. The molecule has 1 N–H and O–H groups in total. The van der Waals surface area contributed by atoms with E-state index in [2.05, 4.69) is 18.2 Å². The van der Waals surface area contributed by atoms with Crippen molar-refractivity contribution in [3.8, 4) is 5.75 Å². The Morgan fingerprint density at radius 3 is 2.12 bits per heavy atom. The van der Waals surface area contributed by atoms with Crippen LogP contribution in [0.15, 0.2) is 42.5 Å². The number of aromatic hydroxyl groups is 1. The van der Waals surface area contributed by atoms with Gasteiger partial charge in [0.05, 0.1) is 0 Å². The van der Waals surface area contributed by atoms with Gasteiger partial charge in [-0.2, -0.15) is 0 Å². The number of hydrogen-bond donors (Lipinski definition) is 1. The molecule has 17 heavy (non-hydrogen) atoms. The van der Waals surface area contributed by atoms with E-state index in [0.29, 0.717) is 5.75 Å². The van der Waals surface area contributed by atoms with E-state index in [9.17, 15) is 5.11 Å². The molecule has 0 atom stereocenters. The molecule has 1 nitrogen and oxygen atoms in total. The molecular weight excluding hydrogens is 208 g/mol. The first-order valence-corrected chi connectivity index (χ1v) is 6.53. The maximum Gasteiger partial charge on any atom is 0.123 e. The van der Waals surface area contributed by atoms with Gasteiger partial charge in [-0.1, -0.05) is 64.1 Å². The predicted octanol–water partition coefficient (Wildman–Crippen LogP) is 5.18. The van der Waals surface area contributed by atoms with Gasteiger partial charge in [0.2, 0.25) is 0 Å². The van der Waals surface area contributed by atoms with Crippen LogP contribution in [0.2, 0.25) is 0 Å². The summed E-state index contributed by atoms with van der Waals surface area (Å²) in [7, 11) is 0. The number of phenolic OH excluding ortho intramolecular Hbond substituents is 1. The molecular formula is C16H24O. The average molecular weight is 232 g/mol. The molecule has 1 aromatic carbocycles. The predicted molar refractivity (Wildman–Crippen MR) is 77.2 cm³/mol. The van der Waals surface area contributed by atoms with Gasteiger partial charge in [-0.25, -0.2) is 0 Å². The molecule has 1 aliphatic rings. The van der Waals surface area contributed by atoms with Crippen LogP contribution < -0.4 is 0 Å². The summed E-state index contributed by atoms with van der Waals surface area (Å²) >= 11 is 0. The molecule has 0 aliphatic heterocycles. The Morgan fingerprint density at radius 1 is 0.941 bits per heavy atom. The summed E-state index contributed by atoms with van der Waals surface area (Å²) in [5, 5.41) is 9.59. The fourth-order valence-corrected chi connectivity index (χ4v) is 1.53. The minimum Gasteiger partial charge on any atom is -0.507 e. The number of para-hydroxylation sites is 1. The largest absolute Gasteiger partial charge is 0.507 e. The second-order valence-electron chi connectivity index (χ2n) is 3.16. The number of hydrogen-bond acceptors (Lipinski definition) is 1. The zero-order valence-electron chi connectivity index (χ0n) is 11.4. The van der Waals surface area contributed by atoms with Gasteiger partial charge >= 0.3 is 0 Å². The first-order valence-electron chi connectivity index (χ1n) is 6.53. The van der Waals surface area contributed by atoms with Gasteiger partial charge in [0, 0.05) is 5.56 Å². The highest BCUT2D eigenvalue weighted by Crippen LogP contribution is 2.27. The number of allylic oxidation sites excluding steroid dienone is 4. The first kappa shape index (κ1) is 15.5. The van der Waals surface area contributed by atoms with Gasteiger partial charge in [-0.15, -0.1) is 0 Å². The smallest absolute Gasteiger partial charge is 0.123 e. The molecule has 0 aromatic heterocycles. The molecule has 1 aromatic rings. The van der Waals surface area contributed by atoms with Crippen LogP contribution in [0.25, 0.3) is 5.57 Å². The van der Waals surface area contributed by atoms with Crippen molar-refractivity contribution in [2.75, 3.05) is 0 Å². The van der Waals surface area contributed by atoms with Crippen molar-refractivity contribution in [2.45, 2.75) is 40.5 Å². The molecule has 1 heteroatoms. The maximum absolute atomic E-state index is 9.59. The molecule has 0 unspecified atom stereocenters. The lowest BCUT2D eigenvalue weighted by atomic mass is 9.99. The van der Waals surface area contributed by atoms with Crippen molar-refractivity contribution < 1.29 is 5.11 Å². The van der Waals surface area contributed by atoms with Crippen LogP contribution in [-0.4, -0.2) is 5.11 Å². The maximum atomic E-state index is 9.59. The van der Waals surface area contributed by atoms with Gasteiger partial charge in [-0.3, -0.25) is 0 Å². The van der Waals surface area contributed by atoms with Crippen LogP contribution in [0.5, 0.6) is 5.75 Å². The van der Waals surface area contributed by atoms with Gasteiger partial charge in [0.1, 0.15) is 5.75 Å². The zero-order valence-corrected chi connectivity index (χ0v) is 11.4. The van der Waals surface area contributed by atoms with Crippen LogP contribution in [0.1, 0.15) is 46.1 Å². The summed E-state index contributed by atoms with van der Waals surface area (Å²) in [6.07, 6.45) is 8.55. The Labute approximate surface area is 106 Å². The lowest BCUT2D eigenvalue weighted by molar-refractivity contribution is 0.473.